The molecule has 1 rings (SSSR count). The molecule has 0 fully saturated rings. The van der Waals surface area contributed by atoms with E-state index in [2.05, 4.69) is 4.72 Å². The fourth-order valence-corrected chi connectivity index (χ4v) is 2.92. The van der Waals surface area contributed by atoms with E-state index in [9.17, 15) is 8.42 Å². The highest BCUT2D eigenvalue weighted by atomic mass is 35.5. The summed E-state index contributed by atoms with van der Waals surface area (Å²) in [5.41, 5.74) is 1.02. The number of aliphatic hydroxyl groups is 1. The molecule has 1 atom stereocenters. The Hall–Kier alpha value is -0.620. The second-order valence-corrected chi connectivity index (χ2v) is 6.62. The van der Waals surface area contributed by atoms with Crippen LogP contribution in [-0.4, -0.2) is 32.1 Å². The number of benzene rings is 1. The Balaban J connectivity index is 2.56. The molecule has 0 aliphatic rings. The Kier molecular flexibility index (Phi) is 6.79. The predicted octanol–water partition coefficient (Wildman–Crippen LogP) is 1.91. The van der Waals surface area contributed by atoms with Gasteiger partial charge >= 0.3 is 0 Å². The fourth-order valence-electron chi connectivity index (χ4n) is 1.63. The largest absolute Gasteiger partial charge is 0.393 e. The van der Waals surface area contributed by atoms with Gasteiger partial charge < -0.3 is 5.11 Å². The Labute approximate surface area is 119 Å². The van der Waals surface area contributed by atoms with Gasteiger partial charge in [0, 0.05) is 12.4 Å². The Morgan fingerprint density at radius 3 is 2.47 bits per heavy atom. The van der Waals surface area contributed by atoms with Crippen LogP contribution in [0.3, 0.4) is 0 Å². The fraction of sp³-hybridized carbons (Fsp3) is 0.538. The summed E-state index contributed by atoms with van der Waals surface area (Å²) in [4.78, 5) is 0.253. The maximum atomic E-state index is 11.9. The van der Waals surface area contributed by atoms with Crippen molar-refractivity contribution in [3.05, 3.63) is 29.8 Å². The van der Waals surface area contributed by atoms with Gasteiger partial charge in [-0.15, -0.1) is 11.6 Å². The molecule has 0 aliphatic heterocycles. The Morgan fingerprint density at radius 2 is 1.95 bits per heavy atom. The van der Waals surface area contributed by atoms with E-state index in [4.69, 9.17) is 16.7 Å². The van der Waals surface area contributed by atoms with Crippen molar-refractivity contribution in [3.8, 4) is 0 Å². The third-order valence-corrected chi connectivity index (χ3v) is 4.37. The van der Waals surface area contributed by atoms with Crippen molar-refractivity contribution < 1.29 is 13.5 Å². The molecule has 0 saturated heterocycles. The van der Waals surface area contributed by atoms with E-state index in [1.54, 1.807) is 31.2 Å². The number of sulfonamides is 1. The maximum absolute atomic E-state index is 11.9. The standard InChI is InChI=1S/C13H20ClNO3S/c1-11(16)3-2-10-15-19(17,18)13-6-4-12(5-7-13)8-9-14/h4-7,11,15-16H,2-3,8-10H2,1H3. The van der Waals surface area contributed by atoms with E-state index in [1.165, 1.54) is 0 Å². The summed E-state index contributed by atoms with van der Waals surface area (Å²) in [6, 6.07) is 6.71. The normalized spacial score (nSPS) is 13.4. The molecule has 1 aromatic carbocycles. The second-order valence-electron chi connectivity index (χ2n) is 4.47. The smallest absolute Gasteiger partial charge is 0.240 e. The summed E-state index contributed by atoms with van der Waals surface area (Å²) >= 11 is 5.62. The van der Waals surface area contributed by atoms with Crippen LogP contribution >= 0.6 is 11.6 Å². The molecule has 1 aromatic rings. The molecule has 0 saturated carbocycles. The molecule has 0 heterocycles. The van der Waals surface area contributed by atoms with E-state index in [0.29, 0.717) is 25.3 Å². The van der Waals surface area contributed by atoms with Crippen molar-refractivity contribution in [1.29, 1.82) is 0 Å². The van der Waals surface area contributed by atoms with E-state index >= 15 is 0 Å². The lowest BCUT2D eigenvalue weighted by Crippen LogP contribution is -2.25. The number of halogens is 1. The lowest BCUT2D eigenvalue weighted by molar-refractivity contribution is 0.182. The minimum atomic E-state index is -3.45. The van der Waals surface area contributed by atoms with Crippen LogP contribution in [0.5, 0.6) is 0 Å². The molecule has 19 heavy (non-hydrogen) atoms. The number of hydrogen-bond acceptors (Lipinski definition) is 3. The van der Waals surface area contributed by atoms with E-state index < -0.39 is 16.1 Å². The number of rotatable bonds is 8. The average Bonchev–Trinajstić information content (AvgIpc) is 2.36. The first-order valence-electron chi connectivity index (χ1n) is 6.28. The van der Waals surface area contributed by atoms with Crippen LogP contribution in [0.4, 0.5) is 0 Å². The number of aliphatic hydroxyl groups excluding tert-OH is 1. The van der Waals surface area contributed by atoms with E-state index in [-0.39, 0.29) is 4.90 Å². The Bertz CT molecular complexity index is 471. The molecule has 0 bridgehead atoms. The van der Waals surface area contributed by atoms with Crippen molar-refractivity contribution >= 4 is 21.6 Å². The van der Waals surface area contributed by atoms with Gasteiger partial charge in [-0.05, 0) is 43.9 Å². The highest BCUT2D eigenvalue weighted by molar-refractivity contribution is 7.89. The first-order chi connectivity index (χ1) is 8.95. The monoisotopic (exact) mass is 305 g/mol. The zero-order valence-corrected chi connectivity index (χ0v) is 12.5. The lowest BCUT2D eigenvalue weighted by atomic mass is 10.2. The number of alkyl halides is 1. The molecule has 0 aromatic heterocycles. The minimum Gasteiger partial charge on any atom is -0.393 e. The third kappa shape index (κ3) is 5.91. The molecular weight excluding hydrogens is 286 g/mol. The molecule has 0 radical (unpaired) electrons. The molecule has 2 N–H and O–H groups in total. The number of nitrogens with one attached hydrogen (secondary N) is 1. The zero-order chi connectivity index (χ0) is 14.3. The zero-order valence-electron chi connectivity index (χ0n) is 11.0. The van der Waals surface area contributed by atoms with Gasteiger partial charge in [0.25, 0.3) is 0 Å². The van der Waals surface area contributed by atoms with Crippen molar-refractivity contribution in [3.63, 3.8) is 0 Å². The summed E-state index contributed by atoms with van der Waals surface area (Å²) in [6.07, 6.45) is 1.52. The average molecular weight is 306 g/mol. The summed E-state index contributed by atoms with van der Waals surface area (Å²) < 4.78 is 26.4. The molecule has 0 aliphatic carbocycles. The van der Waals surface area contributed by atoms with Crippen molar-refractivity contribution in [1.82, 2.24) is 4.72 Å². The highest BCUT2D eigenvalue weighted by Crippen LogP contribution is 2.11. The van der Waals surface area contributed by atoms with Crippen molar-refractivity contribution in [2.45, 2.75) is 37.2 Å². The van der Waals surface area contributed by atoms with Gasteiger partial charge in [-0.1, -0.05) is 12.1 Å². The molecule has 108 valence electrons. The number of hydrogen-bond donors (Lipinski definition) is 2. The van der Waals surface area contributed by atoms with Crippen LogP contribution in [-0.2, 0) is 16.4 Å². The van der Waals surface area contributed by atoms with Gasteiger partial charge in [0.2, 0.25) is 10.0 Å². The van der Waals surface area contributed by atoms with Crippen LogP contribution in [0.25, 0.3) is 0 Å². The quantitative estimate of drug-likeness (QED) is 0.569. The molecule has 4 nitrogen and oxygen atoms in total. The van der Waals surface area contributed by atoms with Gasteiger partial charge in [0.1, 0.15) is 0 Å². The lowest BCUT2D eigenvalue weighted by Gasteiger charge is -2.08. The van der Waals surface area contributed by atoms with Crippen molar-refractivity contribution in [2.24, 2.45) is 0 Å². The third-order valence-electron chi connectivity index (χ3n) is 2.71. The topological polar surface area (TPSA) is 66.4 Å². The van der Waals surface area contributed by atoms with Crippen LogP contribution in [0, 0.1) is 0 Å². The molecule has 1 unspecified atom stereocenters. The van der Waals surface area contributed by atoms with Crippen LogP contribution in [0.1, 0.15) is 25.3 Å². The SMILES string of the molecule is CC(O)CCCNS(=O)(=O)c1ccc(CCCl)cc1. The van der Waals surface area contributed by atoms with Crippen LogP contribution in [0.15, 0.2) is 29.2 Å². The maximum Gasteiger partial charge on any atom is 0.240 e. The predicted molar refractivity (Wildman–Crippen MR) is 77.0 cm³/mol. The van der Waals surface area contributed by atoms with Gasteiger partial charge in [-0.2, -0.15) is 0 Å². The summed E-state index contributed by atoms with van der Waals surface area (Å²) in [5.74, 6) is 0.518. The number of aryl methyl sites for hydroxylation is 1. The van der Waals surface area contributed by atoms with Crippen LogP contribution < -0.4 is 4.72 Å². The molecule has 0 spiro atoms. The summed E-state index contributed by atoms with van der Waals surface area (Å²) in [6.45, 7) is 2.01. The molecule has 6 heteroatoms. The summed E-state index contributed by atoms with van der Waals surface area (Å²) in [7, 11) is -3.45. The van der Waals surface area contributed by atoms with Gasteiger partial charge in [-0.3, -0.25) is 0 Å². The van der Waals surface area contributed by atoms with Crippen LogP contribution in [0.2, 0.25) is 0 Å². The van der Waals surface area contributed by atoms with Gasteiger partial charge in [0.05, 0.1) is 11.0 Å². The Morgan fingerprint density at radius 1 is 1.32 bits per heavy atom. The highest BCUT2D eigenvalue weighted by Gasteiger charge is 2.12. The van der Waals surface area contributed by atoms with E-state index in [1.807, 2.05) is 0 Å². The van der Waals surface area contributed by atoms with Gasteiger partial charge in [-0.25, -0.2) is 13.1 Å². The van der Waals surface area contributed by atoms with Gasteiger partial charge in [0.15, 0.2) is 0 Å². The summed E-state index contributed by atoms with van der Waals surface area (Å²) in [5, 5.41) is 9.09. The van der Waals surface area contributed by atoms with E-state index in [0.717, 1.165) is 12.0 Å². The first kappa shape index (κ1) is 16.4. The minimum absolute atomic E-state index is 0.253. The molecular formula is C13H20ClNO3S. The molecule has 0 amide bonds. The first-order valence-corrected chi connectivity index (χ1v) is 8.30. The second kappa shape index (κ2) is 7.85. The van der Waals surface area contributed by atoms with Crippen molar-refractivity contribution in [2.75, 3.05) is 12.4 Å².